The van der Waals surface area contributed by atoms with E-state index in [-0.39, 0.29) is 11.5 Å². The number of nitrogens with one attached hydrogen (secondary N) is 1. The third-order valence-electron chi connectivity index (χ3n) is 6.37. The molecule has 1 aromatic carbocycles. The van der Waals surface area contributed by atoms with Gasteiger partial charge in [0, 0.05) is 29.7 Å². The summed E-state index contributed by atoms with van der Waals surface area (Å²) in [6.07, 6.45) is 9.09. The van der Waals surface area contributed by atoms with E-state index >= 15 is 0 Å². The van der Waals surface area contributed by atoms with Crippen molar-refractivity contribution in [1.82, 2.24) is 34.6 Å². The molecule has 176 valence electrons. The first-order valence-corrected chi connectivity index (χ1v) is 11.4. The second-order valence-electron chi connectivity index (χ2n) is 8.54. The van der Waals surface area contributed by atoms with Gasteiger partial charge in [-0.25, -0.2) is 23.7 Å². The second kappa shape index (κ2) is 8.55. The van der Waals surface area contributed by atoms with Crippen LogP contribution in [-0.4, -0.2) is 42.4 Å². The van der Waals surface area contributed by atoms with E-state index in [1.54, 1.807) is 30.7 Å². The first kappa shape index (κ1) is 21.4. The predicted molar refractivity (Wildman–Crippen MR) is 129 cm³/mol. The Bertz CT molecular complexity index is 1530. The number of nitrogen functional groups attached to an aromatic ring is 1. The van der Waals surface area contributed by atoms with E-state index in [9.17, 15) is 8.78 Å². The van der Waals surface area contributed by atoms with Crippen molar-refractivity contribution in [3.63, 3.8) is 0 Å². The van der Waals surface area contributed by atoms with Gasteiger partial charge in [0.25, 0.3) is 0 Å². The molecule has 4 aromatic heterocycles. The average molecular weight is 473 g/mol. The highest BCUT2D eigenvalue weighted by molar-refractivity contribution is 5.84. The molecule has 0 radical (unpaired) electrons. The van der Waals surface area contributed by atoms with E-state index in [0.29, 0.717) is 28.6 Å². The monoisotopic (exact) mass is 472 g/mol. The van der Waals surface area contributed by atoms with Gasteiger partial charge in [-0.15, -0.1) is 0 Å². The molecule has 0 saturated carbocycles. The second-order valence-corrected chi connectivity index (χ2v) is 8.54. The molecule has 1 aliphatic rings. The molecule has 0 atom stereocenters. The number of nitrogens with two attached hydrogens (primary N) is 1. The van der Waals surface area contributed by atoms with Crippen molar-refractivity contribution < 1.29 is 8.78 Å². The number of halogens is 2. The summed E-state index contributed by atoms with van der Waals surface area (Å²) < 4.78 is 32.5. The largest absolute Gasteiger partial charge is 0.383 e. The Morgan fingerprint density at radius 3 is 2.71 bits per heavy atom. The standard InChI is InChI=1S/C25H22F2N8/c26-19-3-1-5-21(22(19)27)35-24(33-20-4-2-8-30-25(20)35)18-11-15(12-31-23(18)28)16-13-32-34(14-16)17-6-9-29-10-7-17/h1-5,8,11-14,17,29H,6-7,9-10H2,(H2,28,31). The molecule has 5 aromatic rings. The first-order chi connectivity index (χ1) is 17.1. The Labute approximate surface area is 199 Å². The molecule has 0 spiro atoms. The highest BCUT2D eigenvalue weighted by Crippen LogP contribution is 2.34. The van der Waals surface area contributed by atoms with Crippen molar-refractivity contribution in [3.8, 4) is 28.2 Å². The van der Waals surface area contributed by atoms with E-state index in [0.717, 1.165) is 43.1 Å². The molecule has 3 N–H and O–H groups in total. The highest BCUT2D eigenvalue weighted by atomic mass is 19.2. The number of imidazole rings is 1. The summed E-state index contributed by atoms with van der Waals surface area (Å²) >= 11 is 0. The molecule has 8 nitrogen and oxygen atoms in total. The molecule has 6 rings (SSSR count). The number of aromatic nitrogens is 6. The van der Waals surface area contributed by atoms with Gasteiger partial charge >= 0.3 is 0 Å². The van der Waals surface area contributed by atoms with Crippen molar-refractivity contribution in [2.24, 2.45) is 0 Å². The maximum Gasteiger partial charge on any atom is 0.182 e. The lowest BCUT2D eigenvalue weighted by molar-refractivity contribution is 0.343. The number of nitrogens with zero attached hydrogens (tertiary/aromatic N) is 6. The number of pyridine rings is 2. The third-order valence-corrected chi connectivity index (χ3v) is 6.37. The quantitative estimate of drug-likeness (QED) is 0.408. The fraction of sp³-hybridized carbons (Fsp3) is 0.200. The lowest BCUT2D eigenvalue weighted by Crippen LogP contribution is -2.29. The van der Waals surface area contributed by atoms with Crippen LogP contribution in [0.25, 0.3) is 39.4 Å². The predicted octanol–water partition coefficient (Wildman–Crippen LogP) is 4.13. The minimum Gasteiger partial charge on any atom is -0.383 e. The van der Waals surface area contributed by atoms with Crippen LogP contribution in [0.15, 0.2) is 61.2 Å². The van der Waals surface area contributed by atoms with E-state index in [1.165, 1.54) is 16.7 Å². The van der Waals surface area contributed by atoms with Crippen LogP contribution < -0.4 is 11.1 Å². The van der Waals surface area contributed by atoms with Gasteiger partial charge in [0.1, 0.15) is 11.3 Å². The number of rotatable bonds is 4. The fourth-order valence-electron chi connectivity index (χ4n) is 4.56. The lowest BCUT2D eigenvalue weighted by Gasteiger charge is -2.22. The number of anilines is 1. The molecule has 0 aliphatic carbocycles. The van der Waals surface area contributed by atoms with Crippen LogP contribution in [0.2, 0.25) is 0 Å². The average Bonchev–Trinajstić information content (AvgIpc) is 3.52. The zero-order valence-corrected chi connectivity index (χ0v) is 18.7. The van der Waals surface area contributed by atoms with Gasteiger partial charge in [0.15, 0.2) is 23.1 Å². The summed E-state index contributed by atoms with van der Waals surface area (Å²) in [5.74, 6) is -1.42. The van der Waals surface area contributed by atoms with Gasteiger partial charge in [-0.3, -0.25) is 9.25 Å². The first-order valence-electron chi connectivity index (χ1n) is 11.4. The number of fused-ring (bicyclic) bond motifs is 1. The van der Waals surface area contributed by atoms with Crippen LogP contribution in [0.4, 0.5) is 14.6 Å². The van der Waals surface area contributed by atoms with Gasteiger partial charge in [0.05, 0.1) is 23.5 Å². The Morgan fingerprint density at radius 1 is 1.00 bits per heavy atom. The van der Waals surface area contributed by atoms with E-state index in [2.05, 4.69) is 25.4 Å². The van der Waals surface area contributed by atoms with Crippen LogP contribution in [0.3, 0.4) is 0 Å². The summed E-state index contributed by atoms with van der Waals surface area (Å²) in [5, 5.41) is 7.93. The molecule has 0 bridgehead atoms. The molecular formula is C25H22F2N8. The summed E-state index contributed by atoms with van der Waals surface area (Å²) in [7, 11) is 0. The van der Waals surface area contributed by atoms with Gasteiger partial charge in [-0.05, 0) is 56.3 Å². The van der Waals surface area contributed by atoms with Crippen LogP contribution in [0.1, 0.15) is 18.9 Å². The van der Waals surface area contributed by atoms with E-state index in [4.69, 9.17) is 5.73 Å². The zero-order valence-electron chi connectivity index (χ0n) is 18.7. The van der Waals surface area contributed by atoms with E-state index < -0.39 is 11.6 Å². The van der Waals surface area contributed by atoms with Crippen molar-refractivity contribution in [3.05, 3.63) is 72.8 Å². The third kappa shape index (κ3) is 3.71. The maximum atomic E-state index is 14.9. The van der Waals surface area contributed by atoms with Gasteiger partial charge in [0.2, 0.25) is 0 Å². The van der Waals surface area contributed by atoms with Gasteiger partial charge < -0.3 is 11.1 Å². The molecule has 0 unspecified atom stereocenters. The minimum absolute atomic E-state index is 0.00951. The number of hydrogen-bond acceptors (Lipinski definition) is 6. The molecule has 10 heteroatoms. The normalized spacial score (nSPS) is 14.6. The highest BCUT2D eigenvalue weighted by Gasteiger charge is 2.22. The molecule has 1 saturated heterocycles. The van der Waals surface area contributed by atoms with Crippen LogP contribution in [0.5, 0.6) is 0 Å². The molecule has 1 fully saturated rings. The molecular weight excluding hydrogens is 450 g/mol. The molecule has 1 aliphatic heterocycles. The molecule has 0 amide bonds. The summed E-state index contributed by atoms with van der Waals surface area (Å²) in [5.41, 5.74) is 9.34. The number of benzene rings is 1. The summed E-state index contributed by atoms with van der Waals surface area (Å²) in [6, 6.07) is 9.68. The SMILES string of the molecule is Nc1ncc(-c2cnn(C3CCNCC3)c2)cc1-c1nc2cccnc2n1-c1cccc(F)c1F. The topological polar surface area (TPSA) is 99.5 Å². The Morgan fingerprint density at radius 2 is 1.86 bits per heavy atom. The fourth-order valence-corrected chi connectivity index (χ4v) is 4.56. The Hall–Kier alpha value is -4.18. The lowest BCUT2D eigenvalue weighted by atomic mass is 10.1. The van der Waals surface area contributed by atoms with E-state index in [1.807, 2.05) is 16.9 Å². The summed E-state index contributed by atoms with van der Waals surface area (Å²) in [4.78, 5) is 13.4. The van der Waals surface area contributed by atoms with Gasteiger partial charge in [-0.2, -0.15) is 5.10 Å². The van der Waals surface area contributed by atoms with Crippen LogP contribution >= 0.6 is 0 Å². The zero-order chi connectivity index (χ0) is 23.9. The maximum absolute atomic E-state index is 14.9. The number of piperidine rings is 1. The van der Waals surface area contributed by atoms with Crippen LogP contribution in [-0.2, 0) is 0 Å². The van der Waals surface area contributed by atoms with Crippen molar-refractivity contribution >= 4 is 17.0 Å². The Balaban J connectivity index is 1.50. The summed E-state index contributed by atoms with van der Waals surface area (Å²) in [6.45, 7) is 1.93. The van der Waals surface area contributed by atoms with Crippen molar-refractivity contribution in [1.29, 1.82) is 0 Å². The smallest absolute Gasteiger partial charge is 0.182 e. The van der Waals surface area contributed by atoms with Crippen LogP contribution in [0, 0.1) is 11.6 Å². The number of hydrogen-bond donors (Lipinski definition) is 2. The molecule has 35 heavy (non-hydrogen) atoms. The Kier molecular flexibility index (Phi) is 5.22. The van der Waals surface area contributed by atoms with Crippen molar-refractivity contribution in [2.45, 2.75) is 18.9 Å². The van der Waals surface area contributed by atoms with Gasteiger partial charge in [-0.1, -0.05) is 6.07 Å². The van der Waals surface area contributed by atoms with Crippen molar-refractivity contribution in [2.75, 3.05) is 18.8 Å². The minimum atomic E-state index is -0.996. The molecule has 5 heterocycles.